The van der Waals surface area contributed by atoms with Gasteiger partial charge in [-0.15, -0.1) is 0 Å². The normalized spacial score (nSPS) is 14.6. The first-order valence-corrected chi connectivity index (χ1v) is 5.91. The topological polar surface area (TPSA) is 40.5 Å². The number of likely N-dealkylation sites (N-methyl/N-ethyl adjacent to an activating group) is 1. The summed E-state index contributed by atoms with van der Waals surface area (Å²) in [6.45, 7) is 6.38. The molecule has 17 heavy (non-hydrogen) atoms. The van der Waals surface area contributed by atoms with Gasteiger partial charge in [0.15, 0.2) is 0 Å². The molecule has 0 heterocycles. The van der Waals surface area contributed by atoms with Crippen LogP contribution >= 0.6 is 0 Å². The average molecular weight is 235 g/mol. The molecule has 1 aromatic carbocycles. The monoisotopic (exact) mass is 235 g/mol. The third kappa shape index (κ3) is 2.86. The molecule has 3 nitrogen and oxygen atoms in total. The molecule has 0 saturated heterocycles. The summed E-state index contributed by atoms with van der Waals surface area (Å²) in [7, 11) is 1.87. The Morgan fingerprint density at radius 3 is 2.47 bits per heavy atom. The first-order valence-electron chi connectivity index (χ1n) is 5.91. The molecule has 1 unspecified atom stereocenters. The lowest BCUT2D eigenvalue weighted by atomic mass is 9.96. The van der Waals surface area contributed by atoms with E-state index in [9.17, 15) is 9.90 Å². The first-order chi connectivity index (χ1) is 7.91. The summed E-state index contributed by atoms with van der Waals surface area (Å²) >= 11 is 0. The zero-order chi connectivity index (χ0) is 13.1. The zero-order valence-corrected chi connectivity index (χ0v) is 11.0. The Morgan fingerprint density at radius 1 is 1.41 bits per heavy atom. The lowest BCUT2D eigenvalue weighted by molar-refractivity contribution is -0.150. The summed E-state index contributed by atoms with van der Waals surface area (Å²) < 4.78 is 0. The molecule has 94 valence electrons. The van der Waals surface area contributed by atoms with Crippen molar-refractivity contribution >= 4 is 5.97 Å². The molecule has 1 atom stereocenters. The van der Waals surface area contributed by atoms with Crippen molar-refractivity contribution in [2.45, 2.75) is 39.3 Å². The Labute approximate surface area is 103 Å². The summed E-state index contributed by atoms with van der Waals surface area (Å²) in [6.07, 6.45) is 0.588. The Kier molecular flexibility index (Phi) is 4.29. The quantitative estimate of drug-likeness (QED) is 0.853. The number of aliphatic carboxylic acids is 1. The molecule has 0 aromatic heterocycles. The Morgan fingerprint density at radius 2 is 2.00 bits per heavy atom. The van der Waals surface area contributed by atoms with Crippen LogP contribution < -0.4 is 0 Å². The summed E-state index contributed by atoms with van der Waals surface area (Å²) in [6, 6.07) is 8.08. The molecule has 0 fully saturated rings. The number of benzene rings is 1. The molecule has 0 saturated carbocycles. The van der Waals surface area contributed by atoms with Gasteiger partial charge in [-0.1, -0.05) is 31.2 Å². The molecule has 3 heteroatoms. The number of carbonyl (C=O) groups is 1. The van der Waals surface area contributed by atoms with E-state index in [4.69, 9.17) is 0 Å². The highest BCUT2D eigenvalue weighted by molar-refractivity contribution is 5.78. The maximum Gasteiger partial charge on any atom is 0.323 e. The number of carboxylic acid groups (broad SMARTS) is 1. The van der Waals surface area contributed by atoms with Crippen molar-refractivity contribution in [3.05, 3.63) is 35.4 Å². The fourth-order valence-corrected chi connectivity index (χ4v) is 1.80. The third-order valence-electron chi connectivity index (χ3n) is 3.66. The van der Waals surface area contributed by atoms with Crippen LogP contribution in [0.15, 0.2) is 24.3 Å². The van der Waals surface area contributed by atoms with Gasteiger partial charge in [-0.3, -0.25) is 9.69 Å². The van der Waals surface area contributed by atoms with Crippen LogP contribution in [0.2, 0.25) is 0 Å². The summed E-state index contributed by atoms with van der Waals surface area (Å²) in [4.78, 5) is 13.2. The molecule has 1 N–H and O–H groups in total. The van der Waals surface area contributed by atoms with Gasteiger partial charge < -0.3 is 5.11 Å². The van der Waals surface area contributed by atoms with E-state index >= 15 is 0 Å². The van der Waals surface area contributed by atoms with E-state index in [0.717, 1.165) is 0 Å². The molecule has 1 rings (SSSR count). The van der Waals surface area contributed by atoms with E-state index in [0.29, 0.717) is 13.0 Å². The van der Waals surface area contributed by atoms with Crippen molar-refractivity contribution in [2.75, 3.05) is 7.05 Å². The van der Waals surface area contributed by atoms with Crippen LogP contribution in [0.3, 0.4) is 0 Å². The SMILES string of the molecule is CCC(C)(C(=O)O)N(C)Cc1ccccc1C. The van der Waals surface area contributed by atoms with Crippen LogP contribution in [-0.4, -0.2) is 28.6 Å². The molecular formula is C14H21NO2. The highest BCUT2D eigenvalue weighted by atomic mass is 16.4. The van der Waals surface area contributed by atoms with Crippen LogP contribution in [0.25, 0.3) is 0 Å². The van der Waals surface area contributed by atoms with Crippen molar-refractivity contribution in [3.8, 4) is 0 Å². The number of hydrogen-bond acceptors (Lipinski definition) is 2. The number of hydrogen-bond donors (Lipinski definition) is 1. The van der Waals surface area contributed by atoms with Gasteiger partial charge in [-0.25, -0.2) is 0 Å². The van der Waals surface area contributed by atoms with Crippen molar-refractivity contribution in [3.63, 3.8) is 0 Å². The standard InChI is InChI=1S/C14H21NO2/c1-5-14(3,13(16)17)15(4)10-12-9-7-6-8-11(12)2/h6-9H,5,10H2,1-4H3,(H,16,17). The minimum absolute atomic E-state index is 0.588. The van der Waals surface area contributed by atoms with Crippen molar-refractivity contribution in [1.29, 1.82) is 0 Å². The molecule has 0 aliphatic carbocycles. The van der Waals surface area contributed by atoms with Gasteiger partial charge in [-0.2, -0.15) is 0 Å². The lowest BCUT2D eigenvalue weighted by Crippen LogP contribution is -2.49. The summed E-state index contributed by atoms with van der Waals surface area (Å²) in [5.41, 5.74) is 1.57. The van der Waals surface area contributed by atoms with E-state index in [2.05, 4.69) is 0 Å². The van der Waals surface area contributed by atoms with Crippen molar-refractivity contribution < 1.29 is 9.90 Å². The average Bonchev–Trinajstić information content (AvgIpc) is 2.30. The van der Waals surface area contributed by atoms with Gasteiger partial charge in [0.05, 0.1) is 0 Å². The maximum absolute atomic E-state index is 11.3. The van der Waals surface area contributed by atoms with E-state index in [1.165, 1.54) is 11.1 Å². The second-order valence-electron chi connectivity index (χ2n) is 4.72. The lowest BCUT2D eigenvalue weighted by Gasteiger charge is -2.34. The number of nitrogens with zero attached hydrogens (tertiary/aromatic N) is 1. The first kappa shape index (κ1) is 13.7. The molecule has 0 spiro atoms. The minimum atomic E-state index is -0.803. The van der Waals surface area contributed by atoms with Gasteiger partial charge >= 0.3 is 5.97 Å². The second-order valence-corrected chi connectivity index (χ2v) is 4.72. The van der Waals surface area contributed by atoms with Crippen LogP contribution in [0.4, 0.5) is 0 Å². The second kappa shape index (κ2) is 5.32. The molecule has 0 radical (unpaired) electrons. The van der Waals surface area contributed by atoms with Crippen LogP contribution in [0.5, 0.6) is 0 Å². The van der Waals surface area contributed by atoms with E-state index < -0.39 is 11.5 Å². The molecule has 0 bridgehead atoms. The number of aryl methyl sites for hydroxylation is 1. The zero-order valence-electron chi connectivity index (χ0n) is 11.0. The van der Waals surface area contributed by atoms with Gasteiger partial charge in [0.1, 0.15) is 5.54 Å². The van der Waals surface area contributed by atoms with Gasteiger partial charge in [0, 0.05) is 6.54 Å². The molecule has 0 amide bonds. The highest BCUT2D eigenvalue weighted by Gasteiger charge is 2.35. The predicted octanol–water partition coefficient (Wildman–Crippen LogP) is 2.68. The van der Waals surface area contributed by atoms with E-state index in [1.54, 1.807) is 6.92 Å². The van der Waals surface area contributed by atoms with E-state index in [1.807, 2.05) is 50.1 Å². The van der Waals surface area contributed by atoms with Gasteiger partial charge in [0.2, 0.25) is 0 Å². The number of carboxylic acids is 1. The van der Waals surface area contributed by atoms with Crippen molar-refractivity contribution in [1.82, 2.24) is 4.90 Å². The van der Waals surface area contributed by atoms with Crippen LogP contribution in [0, 0.1) is 6.92 Å². The van der Waals surface area contributed by atoms with Crippen molar-refractivity contribution in [2.24, 2.45) is 0 Å². The molecule has 1 aromatic rings. The minimum Gasteiger partial charge on any atom is -0.480 e. The van der Waals surface area contributed by atoms with Gasteiger partial charge in [-0.05, 0) is 38.4 Å². The molecular weight excluding hydrogens is 214 g/mol. The van der Waals surface area contributed by atoms with E-state index in [-0.39, 0.29) is 0 Å². The smallest absolute Gasteiger partial charge is 0.323 e. The molecule has 0 aliphatic heterocycles. The van der Waals surface area contributed by atoms with Crippen LogP contribution in [-0.2, 0) is 11.3 Å². The molecule has 0 aliphatic rings. The predicted molar refractivity (Wildman–Crippen MR) is 69.0 cm³/mol. The Balaban J connectivity index is 2.89. The number of rotatable bonds is 5. The fraction of sp³-hybridized carbons (Fsp3) is 0.500. The van der Waals surface area contributed by atoms with Gasteiger partial charge in [0.25, 0.3) is 0 Å². The largest absolute Gasteiger partial charge is 0.480 e. The van der Waals surface area contributed by atoms with Crippen LogP contribution in [0.1, 0.15) is 31.4 Å². The summed E-state index contributed by atoms with van der Waals surface area (Å²) in [5, 5.41) is 9.31. The Hall–Kier alpha value is -1.35. The maximum atomic E-state index is 11.3. The fourth-order valence-electron chi connectivity index (χ4n) is 1.80. The highest BCUT2D eigenvalue weighted by Crippen LogP contribution is 2.21. The Bertz CT molecular complexity index is 403. The summed E-state index contributed by atoms with van der Waals surface area (Å²) in [5.74, 6) is -0.768. The third-order valence-corrected chi connectivity index (χ3v) is 3.66.